The van der Waals surface area contributed by atoms with E-state index < -0.39 is 0 Å². The molecule has 0 aromatic carbocycles. The molecular weight excluding hydrogens is 238 g/mol. The molecule has 1 amide bonds. The van der Waals surface area contributed by atoms with Crippen LogP contribution in [0.3, 0.4) is 0 Å². The SMILES string of the molecule is CCCN(CC)CCNC(=O)C1(CC)CCCNC1. The molecule has 112 valence electrons. The molecule has 1 aliphatic rings. The summed E-state index contributed by atoms with van der Waals surface area (Å²) < 4.78 is 0. The highest BCUT2D eigenvalue weighted by atomic mass is 16.2. The zero-order chi connectivity index (χ0) is 14.1. The first-order valence-electron chi connectivity index (χ1n) is 7.90. The van der Waals surface area contributed by atoms with Crippen LogP contribution >= 0.6 is 0 Å². The summed E-state index contributed by atoms with van der Waals surface area (Å²) in [5, 5.41) is 6.51. The summed E-state index contributed by atoms with van der Waals surface area (Å²) in [5.41, 5.74) is -0.167. The lowest BCUT2D eigenvalue weighted by atomic mass is 9.77. The number of hydrogen-bond donors (Lipinski definition) is 2. The molecule has 1 heterocycles. The molecule has 2 N–H and O–H groups in total. The molecule has 1 atom stereocenters. The van der Waals surface area contributed by atoms with Crippen molar-refractivity contribution in [2.45, 2.75) is 46.5 Å². The van der Waals surface area contributed by atoms with Crippen molar-refractivity contribution in [3.8, 4) is 0 Å². The van der Waals surface area contributed by atoms with Crippen LogP contribution in [0.15, 0.2) is 0 Å². The van der Waals surface area contributed by atoms with Gasteiger partial charge in [-0.15, -0.1) is 0 Å². The Morgan fingerprint density at radius 2 is 2.11 bits per heavy atom. The van der Waals surface area contributed by atoms with Gasteiger partial charge in [0.25, 0.3) is 0 Å². The Morgan fingerprint density at radius 3 is 2.63 bits per heavy atom. The number of carbonyl (C=O) groups is 1. The number of piperidine rings is 1. The van der Waals surface area contributed by atoms with E-state index in [1.165, 1.54) is 6.42 Å². The van der Waals surface area contributed by atoms with E-state index in [4.69, 9.17) is 0 Å². The maximum absolute atomic E-state index is 12.4. The summed E-state index contributed by atoms with van der Waals surface area (Å²) >= 11 is 0. The number of rotatable bonds is 8. The summed E-state index contributed by atoms with van der Waals surface area (Å²) in [4.78, 5) is 14.8. The summed E-state index contributed by atoms with van der Waals surface area (Å²) in [5.74, 6) is 0.245. The number of likely N-dealkylation sites (N-methyl/N-ethyl adjacent to an activating group) is 1. The van der Waals surface area contributed by atoms with Gasteiger partial charge in [-0.05, 0) is 45.3 Å². The van der Waals surface area contributed by atoms with Crippen molar-refractivity contribution in [1.29, 1.82) is 0 Å². The largest absolute Gasteiger partial charge is 0.354 e. The van der Waals surface area contributed by atoms with Gasteiger partial charge in [-0.1, -0.05) is 20.8 Å². The molecule has 1 unspecified atom stereocenters. The average molecular weight is 269 g/mol. The topological polar surface area (TPSA) is 44.4 Å². The molecule has 4 nitrogen and oxygen atoms in total. The first-order chi connectivity index (χ1) is 9.18. The first kappa shape index (κ1) is 16.4. The molecule has 0 saturated carbocycles. The van der Waals surface area contributed by atoms with Gasteiger partial charge in [-0.2, -0.15) is 0 Å². The van der Waals surface area contributed by atoms with E-state index in [2.05, 4.69) is 36.3 Å². The molecule has 1 fully saturated rings. The van der Waals surface area contributed by atoms with Crippen molar-refractivity contribution >= 4 is 5.91 Å². The minimum Gasteiger partial charge on any atom is -0.354 e. The first-order valence-corrected chi connectivity index (χ1v) is 7.90. The van der Waals surface area contributed by atoms with Crippen molar-refractivity contribution in [2.24, 2.45) is 5.41 Å². The van der Waals surface area contributed by atoms with Crippen molar-refractivity contribution in [1.82, 2.24) is 15.5 Å². The monoisotopic (exact) mass is 269 g/mol. The van der Waals surface area contributed by atoms with Crippen LogP contribution in [-0.4, -0.2) is 50.1 Å². The third-order valence-corrected chi connectivity index (χ3v) is 4.33. The Labute approximate surface area is 118 Å². The zero-order valence-electron chi connectivity index (χ0n) is 12.9. The van der Waals surface area contributed by atoms with Gasteiger partial charge in [0.2, 0.25) is 5.91 Å². The lowest BCUT2D eigenvalue weighted by Crippen LogP contribution is -2.51. The van der Waals surface area contributed by atoms with Crippen LogP contribution in [0, 0.1) is 5.41 Å². The molecule has 1 rings (SSSR count). The number of carbonyl (C=O) groups excluding carboxylic acids is 1. The number of amides is 1. The fourth-order valence-corrected chi connectivity index (χ4v) is 2.88. The molecule has 0 spiro atoms. The second kappa shape index (κ2) is 8.54. The van der Waals surface area contributed by atoms with Crippen LogP contribution in [0.25, 0.3) is 0 Å². The van der Waals surface area contributed by atoms with Gasteiger partial charge in [0.05, 0.1) is 5.41 Å². The minimum atomic E-state index is -0.167. The molecule has 1 saturated heterocycles. The van der Waals surface area contributed by atoms with Crippen LogP contribution < -0.4 is 10.6 Å². The van der Waals surface area contributed by atoms with Gasteiger partial charge in [0.1, 0.15) is 0 Å². The number of hydrogen-bond acceptors (Lipinski definition) is 3. The van der Waals surface area contributed by atoms with Gasteiger partial charge in [-0.3, -0.25) is 4.79 Å². The number of nitrogens with zero attached hydrogens (tertiary/aromatic N) is 1. The molecule has 0 aromatic heterocycles. The number of nitrogens with one attached hydrogen (secondary N) is 2. The quantitative estimate of drug-likeness (QED) is 0.704. The Balaban J connectivity index is 2.36. The smallest absolute Gasteiger partial charge is 0.227 e. The lowest BCUT2D eigenvalue weighted by molar-refractivity contribution is -0.132. The Bertz CT molecular complexity index is 262. The lowest BCUT2D eigenvalue weighted by Gasteiger charge is -2.35. The molecule has 0 bridgehead atoms. The highest BCUT2D eigenvalue weighted by molar-refractivity contribution is 5.83. The fraction of sp³-hybridized carbons (Fsp3) is 0.933. The average Bonchev–Trinajstić information content (AvgIpc) is 2.46. The zero-order valence-corrected chi connectivity index (χ0v) is 12.9. The second-order valence-corrected chi connectivity index (χ2v) is 5.60. The van der Waals surface area contributed by atoms with Crippen LogP contribution in [0.1, 0.15) is 46.5 Å². The predicted octanol–water partition coefficient (Wildman–Crippen LogP) is 1.61. The van der Waals surface area contributed by atoms with E-state index in [0.717, 1.165) is 58.5 Å². The molecular formula is C15H31N3O. The van der Waals surface area contributed by atoms with Gasteiger partial charge in [0, 0.05) is 19.6 Å². The summed E-state index contributed by atoms with van der Waals surface area (Å²) in [7, 11) is 0. The van der Waals surface area contributed by atoms with Gasteiger partial charge in [0.15, 0.2) is 0 Å². The van der Waals surface area contributed by atoms with Crippen molar-refractivity contribution in [2.75, 3.05) is 39.3 Å². The molecule has 0 radical (unpaired) electrons. The third kappa shape index (κ3) is 4.77. The minimum absolute atomic E-state index is 0.167. The van der Waals surface area contributed by atoms with Gasteiger partial charge < -0.3 is 15.5 Å². The van der Waals surface area contributed by atoms with Crippen molar-refractivity contribution < 1.29 is 4.79 Å². The molecule has 19 heavy (non-hydrogen) atoms. The summed E-state index contributed by atoms with van der Waals surface area (Å²) in [6, 6.07) is 0. The van der Waals surface area contributed by atoms with E-state index in [1.54, 1.807) is 0 Å². The van der Waals surface area contributed by atoms with Crippen LogP contribution in [0.2, 0.25) is 0 Å². The molecule has 0 aliphatic carbocycles. The highest BCUT2D eigenvalue weighted by Crippen LogP contribution is 2.30. The Hall–Kier alpha value is -0.610. The summed E-state index contributed by atoms with van der Waals surface area (Å²) in [6.45, 7) is 12.3. The maximum Gasteiger partial charge on any atom is 0.227 e. The molecule has 0 aromatic rings. The maximum atomic E-state index is 12.4. The van der Waals surface area contributed by atoms with E-state index in [-0.39, 0.29) is 11.3 Å². The summed E-state index contributed by atoms with van der Waals surface area (Å²) in [6.07, 6.45) is 4.23. The predicted molar refractivity (Wildman–Crippen MR) is 80.2 cm³/mol. The highest BCUT2D eigenvalue weighted by Gasteiger charge is 2.37. The van der Waals surface area contributed by atoms with Gasteiger partial charge in [-0.25, -0.2) is 0 Å². The Kier molecular flexibility index (Phi) is 7.39. The van der Waals surface area contributed by atoms with Crippen LogP contribution in [0.4, 0.5) is 0 Å². The van der Waals surface area contributed by atoms with Crippen molar-refractivity contribution in [3.63, 3.8) is 0 Å². The van der Waals surface area contributed by atoms with Gasteiger partial charge >= 0.3 is 0 Å². The van der Waals surface area contributed by atoms with Crippen molar-refractivity contribution in [3.05, 3.63) is 0 Å². The standard InChI is InChI=1S/C15H31N3O/c1-4-11-18(6-3)12-10-17-14(19)15(5-2)8-7-9-16-13-15/h16H,4-13H2,1-3H3,(H,17,19). The van der Waals surface area contributed by atoms with E-state index in [1.807, 2.05) is 0 Å². The van der Waals surface area contributed by atoms with E-state index in [0.29, 0.717) is 0 Å². The second-order valence-electron chi connectivity index (χ2n) is 5.60. The van der Waals surface area contributed by atoms with E-state index >= 15 is 0 Å². The van der Waals surface area contributed by atoms with Crippen LogP contribution in [-0.2, 0) is 4.79 Å². The normalized spacial score (nSPS) is 23.6. The molecule has 4 heteroatoms. The third-order valence-electron chi connectivity index (χ3n) is 4.33. The molecule has 1 aliphatic heterocycles. The fourth-order valence-electron chi connectivity index (χ4n) is 2.88. The van der Waals surface area contributed by atoms with Crippen LogP contribution in [0.5, 0.6) is 0 Å². The van der Waals surface area contributed by atoms with E-state index in [9.17, 15) is 4.79 Å². The Morgan fingerprint density at radius 1 is 1.32 bits per heavy atom.